The lowest BCUT2D eigenvalue weighted by Crippen LogP contribution is -2.00. The van der Waals surface area contributed by atoms with Gasteiger partial charge in [0.05, 0.1) is 5.02 Å². The van der Waals surface area contributed by atoms with E-state index in [2.05, 4.69) is 25.4 Å². The SMILES string of the molecule is Cc1ccc(-c2nnc(-c3ccc(Cl)cn3)nn2)cc1. The number of rotatable bonds is 2. The Morgan fingerprint density at radius 1 is 0.800 bits per heavy atom. The number of hydrogen-bond donors (Lipinski definition) is 0. The largest absolute Gasteiger partial charge is 0.251 e. The average Bonchev–Trinajstić information content (AvgIpc) is 2.49. The van der Waals surface area contributed by atoms with Crippen LogP contribution >= 0.6 is 11.6 Å². The van der Waals surface area contributed by atoms with E-state index in [1.807, 2.05) is 31.2 Å². The van der Waals surface area contributed by atoms with Gasteiger partial charge < -0.3 is 0 Å². The molecule has 0 aliphatic carbocycles. The fraction of sp³-hybridized carbons (Fsp3) is 0.0714. The summed E-state index contributed by atoms with van der Waals surface area (Å²) in [6, 6.07) is 11.3. The van der Waals surface area contributed by atoms with Crippen LogP contribution in [-0.2, 0) is 0 Å². The van der Waals surface area contributed by atoms with Crippen LogP contribution in [0.25, 0.3) is 22.9 Å². The summed E-state index contributed by atoms with van der Waals surface area (Å²) in [5.41, 5.74) is 2.65. The quantitative estimate of drug-likeness (QED) is 0.723. The number of halogens is 1. The number of pyridine rings is 1. The van der Waals surface area contributed by atoms with Crippen molar-refractivity contribution in [1.29, 1.82) is 0 Å². The van der Waals surface area contributed by atoms with Crippen LogP contribution < -0.4 is 0 Å². The first-order valence-electron chi connectivity index (χ1n) is 5.99. The molecule has 0 fully saturated rings. The fourth-order valence-electron chi connectivity index (χ4n) is 1.66. The molecule has 0 unspecified atom stereocenters. The van der Waals surface area contributed by atoms with Crippen molar-refractivity contribution in [3.63, 3.8) is 0 Å². The molecule has 0 amide bonds. The Hall–Kier alpha value is -2.40. The molecule has 3 rings (SSSR count). The van der Waals surface area contributed by atoms with Crippen molar-refractivity contribution in [1.82, 2.24) is 25.4 Å². The molecule has 0 aliphatic heterocycles. The number of benzene rings is 1. The third-order valence-electron chi connectivity index (χ3n) is 2.75. The van der Waals surface area contributed by atoms with Gasteiger partial charge in [-0.3, -0.25) is 4.98 Å². The Bertz CT molecular complexity index is 644. The van der Waals surface area contributed by atoms with Gasteiger partial charge in [-0.1, -0.05) is 41.4 Å². The van der Waals surface area contributed by atoms with Crippen molar-refractivity contribution < 1.29 is 0 Å². The van der Waals surface area contributed by atoms with Crippen molar-refractivity contribution in [3.05, 3.63) is 53.2 Å². The Labute approximate surface area is 120 Å². The molecule has 0 aliphatic rings. The zero-order chi connectivity index (χ0) is 13.9. The van der Waals surface area contributed by atoms with Gasteiger partial charge in [0, 0.05) is 11.8 Å². The zero-order valence-corrected chi connectivity index (χ0v) is 11.4. The maximum Gasteiger partial charge on any atom is 0.221 e. The molecular weight excluding hydrogens is 274 g/mol. The van der Waals surface area contributed by atoms with E-state index in [4.69, 9.17) is 11.6 Å². The van der Waals surface area contributed by atoms with E-state index in [0.717, 1.165) is 5.56 Å². The Morgan fingerprint density at radius 3 is 2.05 bits per heavy atom. The van der Waals surface area contributed by atoms with Crippen molar-refractivity contribution in [3.8, 4) is 22.9 Å². The van der Waals surface area contributed by atoms with Crippen LogP contribution in [0.3, 0.4) is 0 Å². The fourth-order valence-corrected chi connectivity index (χ4v) is 1.77. The predicted octanol–water partition coefficient (Wildman–Crippen LogP) is 2.96. The molecule has 6 heteroatoms. The van der Waals surface area contributed by atoms with Crippen LogP contribution in [0.2, 0.25) is 5.02 Å². The topological polar surface area (TPSA) is 64.5 Å². The lowest BCUT2D eigenvalue weighted by Gasteiger charge is -2.00. The lowest BCUT2D eigenvalue weighted by atomic mass is 10.1. The van der Waals surface area contributed by atoms with Gasteiger partial charge in [0.1, 0.15) is 5.69 Å². The van der Waals surface area contributed by atoms with Gasteiger partial charge in [0.15, 0.2) is 0 Å². The molecule has 20 heavy (non-hydrogen) atoms. The molecule has 2 aromatic heterocycles. The molecule has 5 nitrogen and oxygen atoms in total. The smallest absolute Gasteiger partial charge is 0.221 e. The summed E-state index contributed by atoms with van der Waals surface area (Å²) in [5, 5.41) is 16.8. The van der Waals surface area contributed by atoms with E-state index in [9.17, 15) is 0 Å². The first kappa shape index (κ1) is 12.6. The van der Waals surface area contributed by atoms with Crippen LogP contribution in [0.1, 0.15) is 5.56 Å². The molecule has 0 saturated carbocycles. The molecule has 0 saturated heterocycles. The molecule has 98 valence electrons. The van der Waals surface area contributed by atoms with E-state index < -0.39 is 0 Å². The van der Waals surface area contributed by atoms with Crippen LogP contribution in [-0.4, -0.2) is 25.4 Å². The lowest BCUT2D eigenvalue weighted by molar-refractivity contribution is 0.870. The second kappa shape index (κ2) is 5.30. The Morgan fingerprint density at radius 2 is 1.45 bits per heavy atom. The minimum Gasteiger partial charge on any atom is -0.251 e. The number of hydrogen-bond acceptors (Lipinski definition) is 5. The summed E-state index contributed by atoms with van der Waals surface area (Å²) in [5.74, 6) is 0.861. The Balaban J connectivity index is 1.91. The van der Waals surface area contributed by atoms with Crippen LogP contribution in [0.5, 0.6) is 0 Å². The van der Waals surface area contributed by atoms with Crippen LogP contribution in [0.4, 0.5) is 0 Å². The second-order valence-corrected chi connectivity index (χ2v) is 4.71. The van der Waals surface area contributed by atoms with Gasteiger partial charge in [-0.15, -0.1) is 20.4 Å². The van der Waals surface area contributed by atoms with E-state index >= 15 is 0 Å². The summed E-state index contributed by atoms with van der Waals surface area (Å²) in [7, 11) is 0. The molecule has 0 bridgehead atoms. The molecule has 1 aromatic carbocycles. The zero-order valence-electron chi connectivity index (χ0n) is 10.7. The summed E-state index contributed by atoms with van der Waals surface area (Å²) in [4.78, 5) is 4.13. The highest BCUT2D eigenvalue weighted by atomic mass is 35.5. The van der Waals surface area contributed by atoms with Crippen molar-refractivity contribution in [2.75, 3.05) is 0 Å². The normalized spacial score (nSPS) is 10.5. The van der Waals surface area contributed by atoms with Crippen molar-refractivity contribution in [2.45, 2.75) is 6.92 Å². The van der Waals surface area contributed by atoms with Crippen molar-refractivity contribution in [2.24, 2.45) is 0 Å². The van der Waals surface area contributed by atoms with Gasteiger partial charge in [0.25, 0.3) is 0 Å². The third-order valence-corrected chi connectivity index (χ3v) is 2.97. The summed E-state index contributed by atoms with van der Waals surface area (Å²) < 4.78 is 0. The summed E-state index contributed by atoms with van der Waals surface area (Å²) in [6.07, 6.45) is 1.54. The Kier molecular flexibility index (Phi) is 3.35. The highest BCUT2D eigenvalue weighted by Gasteiger charge is 2.07. The molecule has 0 N–H and O–H groups in total. The molecule has 0 atom stereocenters. The van der Waals surface area contributed by atoms with E-state index in [0.29, 0.717) is 22.4 Å². The minimum absolute atomic E-state index is 0.373. The maximum absolute atomic E-state index is 5.78. The van der Waals surface area contributed by atoms with Crippen LogP contribution in [0.15, 0.2) is 42.6 Å². The maximum atomic E-state index is 5.78. The molecule has 0 radical (unpaired) electrons. The predicted molar refractivity (Wildman–Crippen MR) is 76.0 cm³/mol. The first-order chi connectivity index (χ1) is 9.72. The summed E-state index contributed by atoms with van der Waals surface area (Å²) in [6.45, 7) is 2.02. The van der Waals surface area contributed by atoms with Gasteiger partial charge >= 0.3 is 0 Å². The highest BCUT2D eigenvalue weighted by Crippen LogP contribution is 2.16. The van der Waals surface area contributed by atoms with E-state index in [-0.39, 0.29) is 0 Å². The van der Waals surface area contributed by atoms with Crippen LogP contribution in [0, 0.1) is 6.92 Å². The monoisotopic (exact) mass is 283 g/mol. The van der Waals surface area contributed by atoms with E-state index in [1.54, 1.807) is 12.1 Å². The summed E-state index contributed by atoms with van der Waals surface area (Å²) >= 11 is 5.78. The second-order valence-electron chi connectivity index (χ2n) is 4.27. The first-order valence-corrected chi connectivity index (χ1v) is 6.36. The van der Waals surface area contributed by atoms with Gasteiger partial charge in [-0.05, 0) is 19.1 Å². The molecule has 3 aromatic rings. The van der Waals surface area contributed by atoms with E-state index in [1.165, 1.54) is 11.8 Å². The number of nitrogens with zero attached hydrogens (tertiary/aromatic N) is 5. The number of aromatic nitrogens is 5. The van der Waals surface area contributed by atoms with Gasteiger partial charge in [0.2, 0.25) is 11.6 Å². The van der Waals surface area contributed by atoms with Gasteiger partial charge in [-0.25, -0.2) is 0 Å². The van der Waals surface area contributed by atoms with Crippen molar-refractivity contribution >= 4 is 11.6 Å². The number of aryl methyl sites for hydroxylation is 1. The molecule has 2 heterocycles. The highest BCUT2D eigenvalue weighted by molar-refractivity contribution is 6.30. The molecular formula is C14H10ClN5. The molecule has 0 spiro atoms. The third kappa shape index (κ3) is 2.62. The standard InChI is InChI=1S/C14H10ClN5/c1-9-2-4-10(5-3-9)13-17-19-14(20-18-13)12-7-6-11(15)8-16-12/h2-8H,1H3. The van der Waals surface area contributed by atoms with Gasteiger partial charge in [-0.2, -0.15) is 0 Å². The average molecular weight is 284 g/mol. The minimum atomic E-state index is 0.373.